The van der Waals surface area contributed by atoms with Crippen LogP contribution < -0.4 is 0 Å². The van der Waals surface area contributed by atoms with Crippen LogP contribution in [-0.2, 0) is 6.54 Å². The second-order valence-corrected chi connectivity index (χ2v) is 6.99. The van der Waals surface area contributed by atoms with Gasteiger partial charge in [-0.15, -0.1) is 0 Å². The van der Waals surface area contributed by atoms with Gasteiger partial charge in [-0.25, -0.2) is 9.97 Å². The minimum absolute atomic E-state index is 0.0580. The number of halogens is 3. The van der Waals surface area contributed by atoms with Crippen molar-refractivity contribution in [3.05, 3.63) is 87.0 Å². The molecule has 27 heavy (non-hydrogen) atoms. The predicted octanol–water partition coefficient (Wildman–Crippen LogP) is 5.07. The first kappa shape index (κ1) is 17.9. The maximum Gasteiger partial charge on any atom is 0.225 e. The summed E-state index contributed by atoms with van der Waals surface area (Å²) < 4.78 is 1.84. The van der Waals surface area contributed by atoms with Crippen molar-refractivity contribution in [1.82, 2.24) is 19.5 Å². The summed E-state index contributed by atoms with van der Waals surface area (Å²) in [4.78, 5) is 24.8. The Morgan fingerprint density at radius 1 is 0.889 bits per heavy atom. The number of benzene rings is 2. The summed E-state index contributed by atoms with van der Waals surface area (Å²) >= 11 is 17.8. The third-order valence-corrected chi connectivity index (χ3v) is 4.76. The number of fused-ring (bicyclic) bond motifs is 1. The molecule has 0 fully saturated rings. The largest absolute Gasteiger partial charge is 0.322 e. The highest BCUT2D eigenvalue weighted by Gasteiger charge is 2.13. The van der Waals surface area contributed by atoms with Crippen molar-refractivity contribution >= 4 is 51.7 Å². The molecule has 0 spiro atoms. The Balaban J connectivity index is 1.58. The Morgan fingerprint density at radius 2 is 1.52 bits per heavy atom. The summed E-state index contributed by atoms with van der Waals surface area (Å²) in [7, 11) is 0. The molecule has 5 nitrogen and oxygen atoms in total. The van der Waals surface area contributed by atoms with Crippen molar-refractivity contribution in [2.45, 2.75) is 6.54 Å². The zero-order chi connectivity index (χ0) is 19.0. The van der Waals surface area contributed by atoms with E-state index in [4.69, 9.17) is 34.8 Å². The smallest absolute Gasteiger partial charge is 0.225 e. The number of carbonyl (C=O) groups is 1. The van der Waals surface area contributed by atoms with Crippen LogP contribution in [0, 0.1) is 0 Å². The van der Waals surface area contributed by atoms with E-state index in [0.717, 1.165) is 5.56 Å². The predicted molar refractivity (Wildman–Crippen MR) is 106 cm³/mol. The van der Waals surface area contributed by atoms with Gasteiger partial charge in [-0.3, -0.25) is 4.79 Å². The number of hydrogen-bond donors (Lipinski definition) is 0. The van der Waals surface area contributed by atoms with Crippen LogP contribution in [-0.4, -0.2) is 25.3 Å². The third kappa shape index (κ3) is 3.67. The summed E-state index contributed by atoms with van der Waals surface area (Å²) in [6.07, 6.45) is 1.63. The monoisotopic (exact) mass is 416 g/mol. The molecule has 0 aliphatic carbocycles. The van der Waals surface area contributed by atoms with E-state index in [0.29, 0.717) is 33.9 Å². The lowest BCUT2D eigenvalue weighted by Crippen LogP contribution is -2.03. The highest BCUT2D eigenvalue weighted by atomic mass is 35.5. The summed E-state index contributed by atoms with van der Waals surface area (Å²) in [5.74, 6) is -0.0580. The van der Waals surface area contributed by atoms with Gasteiger partial charge in [-0.05, 0) is 41.4 Å². The molecule has 0 atom stereocenters. The fourth-order valence-corrected chi connectivity index (χ4v) is 3.36. The average molecular weight is 418 g/mol. The van der Waals surface area contributed by atoms with Gasteiger partial charge >= 0.3 is 0 Å². The first-order chi connectivity index (χ1) is 13.0. The van der Waals surface area contributed by atoms with Crippen LogP contribution in [0.4, 0.5) is 0 Å². The highest BCUT2D eigenvalue weighted by molar-refractivity contribution is 6.35. The number of rotatable bonds is 4. The van der Waals surface area contributed by atoms with Gasteiger partial charge in [0.25, 0.3) is 0 Å². The number of aromatic nitrogens is 4. The van der Waals surface area contributed by atoms with Crippen LogP contribution in [0.5, 0.6) is 0 Å². The van der Waals surface area contributed by atoms with Crippen molar-refractivity contribution in [3.8, 4) is 0 Å². The van der Waals surface area contributed by atoms with E-state index in [1.165, 1.54) is 0 Å². The molecule has 2 heterocycles. The standard InChI is InChI=1S/C19H11Cl3N4O/c20-14-7-5-13(6-8-14)16(27)12-3-1-11(2-4-12)9-26-10-23-18-15(26)17(21)24-19(22)25-18/h1-8,10H,9H2. The number of carbonyl (C=O) groups excluding carboxylic acids is 1. The van der Waals surface area contributed by atoms with E-state index >= 15 is 0 Å². The Labute approximate surface area is 169 Å². The van der Waals surface area contributed by atoms with E-state index < -0.39 is 0 Å². The van der Waals surface area contributed by atoms with Crippen LogP contribution in [0.15, 0.2) is 54.9 Å². The molecule has 0 amide bonds. The molecular weight excluding hydrogens is 407 g/mol. The van der Waals surface area contributed by atoms with Crippen LogP contribution in [0.2, 0.25) is 15.5 Å². The molecule has 0 unspecified atom stereocenters. The number of ketones is 1. The Hall–Kier alpha value is -2.47. The quantitative estimate of drug-likeness (QED) is 0.264. The van der Waals surface area contributed by atoms with Crippen molar-refractivity contribution in [2.75, 3.05) is 0 Å². The first-order valence-electron chi connectivity index (χ1n) is 7.94. The van der Waals surface area contributed by atoms with Crippen LogP contribution in [0.1, 0.15) is 21.5 Å². The van der Waals surface area contributed by atoms with Gasteiger partial charge in [0.2, 0.25) is 5.28 Å². The van der Waals surface area contributed by atoms with Gasteiger partial charge in [0.05, 0.1) is 6.33 Å². The molecule has 0 bridgehead atoms. The molecule has 4 aromatic rings. The Morgan fingerprint density at radius 3 is 2.19 bits per heavy atom. The minimum Gasteiger partial charge on any atom is -0.322 e. The molecule has 0 saturated heterocycles. The Bertz CT molecular complexity index is 1140. The molecule has 0 radical (unpaired) electrons. The lowest BCUT2D eigenvalue weighted by molar-refractivity contribution is 0.103. The molecule has 0 aliphatic heterocycles. The maximum atomic E-state index is 12.5. The van der Waals surface area contributed by atoms with E-state index in [2.05, 4.69) is 15.0 Å². The molecule has 8 heteroatoms. The van der Waals surface area contributed by atoms with E-state index in [1.807, 2.05) is 16.7 Å². The second-order valence-electron chi connectivity index (χ2n) is 5.86. The Kier molecular flexibility index (Phi) is 4.83. The van der Waals surface area contributed by atoms with Crippen LogP contribution in [0.3, 0.4) is 0 Å². The van der Waals surface area contributed by atoms with Gasteiger partial charge in [0.15, 0.2) is 16.6 Å². The van der Waals surface area contributed by atoms with Crippen LogP contribution in [0.25, 0.3) is 11.2 Å². The zero-order valence-electron chi connectivity index (χ0n) is 13.7. The average Bonchev–Trinajstić information content (AvgIpc) is 3.05. The van der Waals surface area contributed by atoms with Crippen molar-refractivity contribution in [3.63, 3.8) is 0 Å². The molecule has 4 rings (SSSR count). The third-order valence-electron chi connectivity index (χ3n) is 4.08. The van der Waals surface area contributed by atoms with E-state index in [1.54, 1.807) is 42.7 Å². The zero-order valence-corrected chi connectivity index (χ0v) is 16.0. The number of nitrogens with zero attached hydrogens (tertiary/aromatic N) is 4. The molecule has 0 saturated carbocycles. The van der Waals surface area contributed by atoms with Crippen molar-refractivity contribution < 1.29 is 4.79 Å². The van der Waals surface area contributed by atoms with Crippen molar-refractivity contribution in [2.24, 2.45) is 0 Å². The van der Waals surface area contributed by atoms with E-state index in [-0.39, 0.29) is 16.2 Å². The fraction of sp³-hybridized carbons (Fsp3) is 0.0526. The number of imidazole rings is 1. The first-order valence-corrected chi connectivity index (χ1v) is 9.08. The molecule has 0 aliphatic rings. The highest BCUT2D eigenvalue weighted by Crippen LogP contribution is 2.22. The fourth-order valence-electron chi connectivity index (χ4n) is 2.76. The molecule has 134 valence electrons. The minimum atomic E-state index is -0.0580. The molecular formula is C19H11Cl3N4O. The van der Waals surface area contributed by atoms with Crippen LogP contribution >= 0.6 is 34.8 Å². The maximum absolute atomic E-state index is 12.5. The SMILES string of the molecule is O=C(c1ccc(Cl)cc1)c1ccc(Cn2cnc3nc(Cl)nc(Cl)c32)cc1. The summed E-state index contributed by atoms with van der Waals surface area (Å²) in [5, 5.41) is 0.901. The summed E-state index contributed by atoms with van der Waals surface area (Å²) in [6.45, 7) is 0.511. The van der Waals surface area contributed by atoms with Gasteiger partial charge in [0.1, 0.15) is 5.52 Å². The van der Waals surface area contributed by atoms with E-state index in [9.17, 15) is 4.79 Å². The second kappa shape index (κ2) is 7.27. The molecule has 2 aromatic heterocycles. The summed E-state index contributed by atoms with van der Waals surface area (Å²) in [6, 6.07) is 14.2. The van der Waals surface area contributed by atoms with Crippen molar-refractivity contribution in [1.29, 1.82) is 0 Å². The number of hydrogen-bond acceptors (Lipinski definition) is 4. The lowest BCUT2D eigenvalue weighted by atomic mass is 10.0. The normalized spacial score (nSPS) is 11.1. The van der Waals surface area contributed by atoms with Gasteiger partial charge in [-0.1, -0.05) is 47.5 Å². The van der Waals surface area contributed by atoms with Gasteiger partial charge < -0.3 is 4.57 Å². The molecule has 2 aromatic carbocycles. The summed E-state index contributed by atoms with van der Waals surface area (Å²) in [5.41, 5.74) is 3.23. The lowest BCUT2D eigenvalue weighted by Gasteiger charge is -2.07. The van der Waals surface area contributed by atoms with Gasteiger partial charge in [0, 0.05) is 22.7 Å². The van der Waals surface area contributed by atoms with Gasteiger partial charge in [-0.2, -0.15) is 4.98 Å². The topological polar surface area (TPSA) is 60.7 Å². The molecule has 0 N–H and O–H groups in total.